The Morgan fingerprint density at radius 2 is 0.949 bits per heavy atom. The average molecular weight is 498 g/mol. The normalized spacial score (nSPS) is 12.5. The Morgan fingerprint density at radius 3 is 1.51 bits per heavy atom. The van der Waals surface area contributed by atoms with E-state index < -0.39 is 0 Å². The van der Waals surface area contributed by atoms with Gasteiger partial charge in [0.05, 0.1) is 22.1 Å². The molecule has 39 heavy (non-hydrogen) atoms. The Kier molecular flexibility index (Phi) is 4.11. The average Bonchev–Trinajstić information content (AvgIpc) is 3.64. The van der Waals surface area contributed by atoms with Gasteiger partial charge in [-0.1, -0.05) is 78.9 Å². The van der Waals surface area contributed by atoms with Crippen molar-refractivity contribution in [3.05, 3.63) is 139 Å². The van der Waals surface area contributed by atoms with Crippen molar-refractivity contribution < 1.29 is 0 Å². The molecule has 0 atom stereocenters. The van der Waals surface area contributed by atoms with Crippen molar-refractivity contribution in [1.82, 2.24) is 14.1 Å². The summed E-state index contributed by atoms with van der Waals surface area (Å²) in [5.74, 6) is 0.960. The van der Waals surface area contributed by atoms with E-state index in [0.29, 0.717) is 0 Å². The zero-order valence-electron chi connectivity index (χ0n) is 21.2. The van der Waals surface area contributed by atoms with E-state index in [2.05, 4.69) is 137 Å². The van der Waals surface area contributed by atoms with Gasteiger partial charge in [0, 0.05) is 39.8 Å². The summed E-state index contributed by atoms with van der Waals surface area (Å²) in [4.78, 5) is 4.99. The lowest BCUT2D eigenvalue weighted by atomic mass is 10.1. The molecule has 0 bridgehead atoms. The second-order valence-electron chi connectivity index (χ2n) is 10.5. The standard InChI is InChI=1S/C36H23N3/c1-5-13-32-26(9-1)27-10-2-6-14-33(27)38(32)25-18-17-23-19-24-22-37-36(21-31(24)30(23)20-25)39-34-15-7-3-11-28(34)29-12-4-8-16-35(29)39/h1-18,20-22H,19H2. The van der Waals surface area contributed by atoms with Crippen LogP contribution in [0.5, 0.6) is 0 Å². The van der Waals surface area contributed by atoms with Gasteiger partial charge in [0.25, 0.3) is 0 Å². The summed E-state index contributed by atoms with van der Waals surface area (Å²) in [5.41, 5.74) is 11.2. The van der Waals surface area contributed by atoms with Crippen LogP contribution in [0.15, 0.2) is 128 Å². The highest BCUT2D eigenvalue weighted by atomic mass is 15.1. The fraction of sp³-hybridized carbons (Fsp3) is 0.0278. The molecule has 0 spiro atoms. The van der Waals surface area contributed by atoms with Crippen LogP contribution in [0.25, 0.3) is 66.2 Å². The van der Waals surface area contributed by atoms with Gasteiger partial charge in [-0.25, -0.2) is 4.98 Å². The van der Waals surface area contributed by atoms with Crippen LogP contribution >= 0.6 is 0 Å². The number of pyridine rings is 1. The highest BCUT2D eigenvalue weighted by molar-refractivity contribution is 6.10. The third-order valence-corrected chi connectivity index (χ3v) is 8.38. The maximum atomic E-state index is 4.99. The first-order valence-electron chi connectivity index (χ1n) is 13.4. The third-order valence-electron chi connectivity index (χ3n) is 8.38. The van der Waals surface area contributed by atoms with Crippen molar-refractivity contribution in [2.24, 2.45) is 0 Å². The highest BCUT2D eigenvalue weighted by Gasteiger charge is 2.22. The molecule has 0 N–H and O–H groups in total. The first-order chi connectivity index (χ1) is 19.3. The Labute approximate surface area is 225 Å². The van der Waals surface area contributed by atoms with Crippen LogP contribution < -0.4 is 0 Å². The number of fused-ring (bicyclic) bond motifs is 9. The first kappa shape index (κ1) is 20.9. The summed E-state index contributed by atoms with van der Waals surface area (Å²) in [6.07, 6.45) is 2.99. The molecule has 0 amide bonds. The SMILES string of the molecule is c1ccc2c(c1)c1ccccc1n2-c1ccc2c(c1)-c1cc(-n3c4ccccc4c4ccccc43)ncc1C2. The molecule has 9 rings (SSSR count). The molecule has 0 aliphatic heterocycles. The number of benzene rings is 5. The summed E-state index contributed by atoms with van der Waals surface area (Å²) in [6.45, 7) is 0. The minimum Gasteiger partial charge on any atom is -0.309 e. The maximum absolute atomic E-state index is 4.99. The molecule has 1 aliphatic rings. The molecule has 5 aromatic carbocycles. The van der Waals surface area contributed by atoms with Crippen molar-refractivity contribution in [2.45, 2.75) is 6.42 Å². The summed E-state index contributed by atoms with van der Waals surface area (Å²) in [5, 5.41) is 5.08. The van der Waals surface area contributed by atoms with E-state index in [1.807, 2.05) is 0 Å². The predicted molar refractivity (Wildman–Crippen MR) is 161 cm³/mol. The van der Waals surface area contributed by atoms with Crippen LogP contribution in [-0.2, 0) is 6.42 Å². The molecule has 0 unspecified atom stereocenters. The molecule has 0 saturated carbocycles. The molecule has 182 valence electrons. The second-order valence-corrected chi connectivity index (χ2v) is 10.5. The summed E-state index contributed by atoms with van der Waals surface area (Å²) < 4.78 is 4.71. The Morgan fingerprint density at radius 1 is 0.462 bits per heavy atom. The van der Waals surface area contributed by atoms with Gasteiger partial charge in [0.15, 0.2) is 0 Å². The molecule has 1 aliphatic carbocycles. The van der Waals surface area contributed by atoms with Crippen LogP contribution in [-0.4, -0.2) is 14.1 Å². The van der Waals surface area contributed by atoms with Gasteiger partial charge in [0.2, 0.25) is 0 Å². The number of para-hydroxylation sites is 4. The maximum Gasteiger partial charge on any atom is 0.138 e. The molecule has 3 aromatic heterocycles. The number of hydrogen-bond acceptors (Lipinski definition) is 1. The number of aromatic nitrogens is 3. The topological polar surface area (TPSA) is 22.8 Å². The zero-order chi connectivity index (χ0) is 25.5. The van der Waals surface area contributed by atoms with Crippen molar-refractivity contribution in [1.29, 1.82) is 0 Å². The van der Waals surface area contributed by atoms with Gasteiger partial charge in [-0.05, 0) is 64.7 Å². The van der Waals surface area contributed by atoms with E-state index >= 15 is 0 Å². The lowest BCUT2D eigenvalue weighted by Gasteiger charge is -2.12. The number of rotatable bonds is 2. The van der Waals surface area contributed by atoms with Crippen LogP contribution in [0.4, 0.5) is 0 Å². The molecule has 3 nitrogen and oxygen atoms in total. The largest absolute Gasteiger partial charge is 0.309 e. The van der Waals surface area contributed by atoms with E-state index in [1.54, 1.807) is 0 Å². The van der Waals surface area contributed by atoms with Crippen molar-refractivity contribution >= 4 is 43.6 Å². The molecule has 0 fully saturated rings. The lowest BCUT2D eigenvalue weighted by Crippen LogP contribution is -1.98. The van der Waals surface area contributed by atoms with Crippen molar-refractivity contribution in [3.63, 3.8) is 0 Å². The van der Waals surface area contributed by atoms with Crippen molar-refractivity contribution in [3.8, 4) is 22.6 Å². The fourth-order valence-corrected chi connectivity index (χ4v) is 6.67. The number of nitrogens with zero attached hydrogens (tertiary/aromatic N) is 3. The van der Waals surface area contributed by atoms with Gasteiger partial charge < -0.3 is 4.57 Å². The molecule has 3 heterocycles. The van der Waals surface area contributed by atoms with Gasteiger partial charge in [-0.15, -0.1) is 0 Å². The summed E-state index contributed by atoms with van der Waals surface area (Å²) in [6, 6.07) is 43.9. The minimum absolute atomic E-state index is 0.915. The smallest absolute Gasteiger partial charge is 0.138 e. The molecular formula is C36H23N3. The minimum atomic E-state index is 0.915. The third kappa shape index (κ3) is 2.84. The van der Waals surface area contributed by atoms with Crippen molar-refractivity contribution in [2.75, 3.05) is 0 Å². The van der Waals surface area contributed by atoms with E-state index in [0.717, 1.165) is 12.2 Å². The van der Waals surface area contributed by atoms with E-state index in [1.165, 1.54) is 71.6 Å². The van der Waals surface area contributed by atoms with Gasteiger partial charge in [-0.3, -0.25) is 4.57 Å². The van der Waals surface area contributed by atoms with E-state index in [9.17, 15) is 0 Å². The monoisotopic (exact) mass is 497 g/mol. The Bertz CT molecular complexity index is 2000. The van der Waals surface area contributed by atoms with Crippen LogP contribution in [0, 0.1) is 0 Å². The molecule has 3 heteroatoms. The van der Waals surface area contributed by atoms with E-state index in [-0.39, 0.29) is 0 Å². The summed E-state index contributed by atoms with van der Waals surface area (Å²) in [7, 11) is 0. The predicted octanol–water partition coefficient (Wildman–Crippen LogP) is 8.85. The molecule has 0 radical (unpaired) electrons. The quantitative estimate of drug-likeness (QED) is 0.234. The van der Waals surface area contributed by atoms with Crippen LogP contribution in [0.3, 0.4) is 0 Å². The first-order valence-corrected chi connectivity index (χ1v) is 13.4. The van der Waals surface area contributed by atoms with Gasteiger partial charge in [0.1, 0.15) is 5.82 Å². The fourth-order valence-electron chi connectivity index (χ4n) is 6.67. The zero-order valence-corrected chi connectivity index (χ0v) is 21.2. The highest BCUT2D eigenvalue weighted by Crippen LogP contribution is 2.41. The van der Waals surface area contributed by atoms with Gasteiger partial charge in [-0.2, -0.15) is 0 Å². The molecule has 0 saturated heterocycles. The second kappa shape index (κ2) is 7.68. The van der Waals surface area contributed by atoms with Crippen LogP contribution in [0.1, 0.15) is 11.1 Å². The molecule has 8 aromatic rings. The summed E-state index contributed by atoms with van der Waals surface area (Å²) >= 11 is 0. The molecular weight excluding hydrogens is 474 g/mol. The Balaban J connectivity index is 1.27. The van der Waals surface area contributed by atoms with Crippen LogP contribution in [0.2, 0.25) is 0 Å². The number of hydrogen-bond donors (Lipinski definition) is 0. The van der Waals surface area contributed by atoms with Gasteiger partial charge >= 0.3 is 0 Å². The lowest BCUT2D eigenvalue weighted by molar-refractivity contribution is 1.07. The van der Waals surface area contributed by atoms with E-state index in [4.69, 9.17) is 4.98 Å². The Hall–Kier alpha value is -5.15.